The van der Waals surface area contributed by atoms with Crippen LogP contribution in [0.15, 0.2) is 0 Å². The van der Waals surface area contributed by atoms with Crippen molar-refractivity contribution in [1.29, 1.82) is 0 Å². The minimum Gasteiger partial charge on any atom is -0.465 e. The first-order valence-corrected chi connectivity index (χ1v) is 12.1. The lowest BCUT2D eigenvalue weighted by Crippen LogP contribution is -2.46. The van der Waals surface area contributed by atoms with Crippen LogP contribution in [0, 0.1) is 0 Å². The van der Waals surface area contributed by atoms with Gasteiger partial charge < -0.3 is 37.5 Å². The minimum atomic E-state index is -2.74. The standard InChI is InChI=1S/C18H39NO8Si/c1-5-22-13-14-24-16-15-23-12-11-19(18(20)21)10-9-17-28(25-6-2,26-7-3)27-8-4/h5-17H2,1-4H3,(H,20,21). The third kappa shape index (κ3) is 13.4. The van der Waals surface area contributed by atoms with Gasteiger partial charge in [0.2, 0.25) is 0 Å². The molecule has 0 saturated carbocycles. The zero-order valence-electron chi connectivity index (χ0n) is 17.9. The van der Waals surface area contributed by atoms with Crippen LogP contribution in [-0.4, -0.2) is 97.5 Å². The molecule has 0 radical (unpaired) electrons. The summed E-state index contributed by atoms with van der Waals surface area (Å²) in [6.07, 6.45) is -0.355. The van der Waals surface area contributed by atoms with Crippen LogP contribution >= 0.6 is 0 Å². The van der Waals surface area contributed by atoms with E-state index in [1.54, 1.807) is 0 Å². The average Bonchev–Trinajstić information content (AvgIpc) is 2.65. The number of amides is 1. The Kier molecular flexibility index (Phi) is 17.8. The largest absolute Gasteiger partial charge is 0.500 e. The number of carbonyl (C=O) groups is 1. The molecule has 0 aliphatic rings. The molecule has 0 spiro atoms. The lowest BCUT2D eigenvalue weighted by atomic mass is 10.4. The number of hydrogen-bond donors (Lipinski definition) is 1. The summed E-state index contributed by atoms with van der Waals surface area (Å²) in [5.41, 5.74) is 0. The van der Waals surface area contributed by atoms with Crippen LogP contribution in [-0.2, 0) is 27.5 Å². The maximum Gasteiger partial charge on any atom is 0.500 e. The Bertz CT molecular complexity index is 358. The van der Waals surface area contributed by atoms with Gasteiger partial charge in [-0.2, -0.15) is 0 Å². The van der Waals surface area contributed by atoms with Crippen LogP contribution in [0.3, 0.4) is 0 Å². The SMILES string of the molecule is CCOCCOCCOCCN(CCC[Si](OCC)(OCC)OCC)C(=O)O. The molecule has 0 bridgehead atoms. The van der Waals surface area contributed by atoms with Crippen LogP contribution in [0.1, 0.15) is 34.1 Å². The van der Waals surface area contributed by atoms with Crippen molar-refractivity contribution in [3.63, 3.8) is 0 Å². The third-order valence-electron chi connectivity index (χ3n) is 3.73. The molecule has 1 N–H and O–H groups in total. The lowest BCUT2D eigenvalue weighted by Gasteiger charge is -2.29. The molecule has 0 rings (SSSR count). The van der Waals surface area contributed by atoms with Gasteiger partial charge in [0.1, 0.15) is 0 Å². The molecule has 0 aromatic rings. The predicted octanol–water partition coefficient (Wildman–Crippen LogP) is 2.47. The normalized spacial score (nSPS) is 11.7. The van der Waals surface area contributed by atoms with E-state index < -0.39 is 14.9 Å². The molecular weight excluding hydrogens is 386 g/mol. The Labute approximate surface area is 170 Å². The summed E-state index contributed by atoms with van der Waals surface area (Å²) in [5, 5.41) is 9.39. The van der Waals surface area contributed by atoms with Gasteiger partial charge in [-0.1, -0.05) is 0 Å². The van der Waals surface area contributed by atoms with Crippen LogP contribution in [0.2, 0.25) is 6.04 Å². The Morgan fingerprint density at radius 3 is 1.71 bits per heavy atom. The Morgan fingerprint density at radius 1 is 0.750 bits per heavy atom. The van der Waals surface area contributed by atoms with E-state index in [1.807, 2.05) is 27.7 Å². The predicted molar refractivity (Wildman–Crippen MR) is 108 cm³/mol. The fourth-order valence-corrected chi connectivity index (χ4v) is 5.14. The van der Waals surface area contributed by atoms with Crippen molar-refractivity contribution in [1.82, 2.24) is 4.90 Å². The Hall–Kier alpha value is -0.753. The van der Waals surface area contributed by atoms with Crippen molar-refractivity contribution in [3.05, 3.63) is 0 Å². The van der Waals surface area contributed by atoms with Crippen LogP contribution in [0.25, 0.3) is 0 Å². The second kappa shape index (κ2) is 18.3. The molecular formula is C18H39NO8Si. The van der Waals surface area contributed by atoms with E-state index in [-0.39, 0.29) is 0 Å². The van der Waals surface area contributed by atoms with Crippen molar-refractivity contribution in [3.8, 4) is 0 Å². The van der Waals surface area contributed by atoms with Gasteiger partial charge in [0, 0.05) is 45.6 Å². The number of hydrogen-bond acceptors (Lipinski definition) is 7. The van der Waals surface area contributed by atoms with Gasteiger partial charge in [-0.05, 0) is 34.1 Å². The molecule has 1 amide bonds. The fraction of sp³-hybridized carbons (Fsp3) is 0.944. The van der Waals surface area contributed by atoms with Crippen molar-refractivity contribution in [2.24, 2.45) is 0 Å². The quantitative estimate of drug-likeness (QED) is 0.235. The molecule has 0 atom stereocenters. The van der Waals surface area contributed by atoms with Crippen LogP contribution in [0.5, 0.6) is 0 Å². The monoisotopic (exact) mass is 425 g/mol. The van der Waals surface area contributed by atoms with E-state index in [4.69, 9.17) is 27.5 Å². The van der Waals surface area contributed by atoms with Gasteiger partial charge in [-0.3, -0.25) is 0 Å². The summed E-state index contributed by atoms with van der Waals surface area (Å²) in [4.78, 5) is 12.8. The molecule has 0 aromatic heterocycles. The summed E-state index contributed by atoms with van der Waals surface area (Å²) >= 11 is 0. The van der Waals surface area contributed by atoms with E-state index in [2.05, 4.69) is 0 Å². The van der Waals surface area contributed by atoms with Crippen molar-refractivity contribution >= 4 is 14.9 Å². The van der Waals surface area contributed by atoms with Crippen molar-refractivity contribution < 1.29 is 37.4 Å². The van der Waals surface area contributed by atoms with Gasteiger partial charge in [0.25, 0.3) is 0 Å². The van der Waals surface area contributed by atoms with E-state index in [9.17, 15) is 9.90 Å². The topological polar surface area (TPSA) is 95.9 Å². The molecule has 0 fully saturated rings. The molecule has 28 heavy (non-hydrogen) atoms. The van der Waals surface area contributed by atoms with E-state index in [1.165, 1.54) is 4.90 Å². The molecule has 168 valence electrons. The summed E-state index contributed by atoms with van der Waals surface area (Å²) in [5.74, 6) is 0. The van der Waals surface area contributed by atoms with Gasteiger partial charge in [-0.15, -0.1) is 0 Å². The highest BCUT2D eigenvalue weighted by Crippen LogP contribution is 2.18. The van der Waals surface area contributed by atoms with Gasteiger partial charge in [-0.25, -0.2) is 4.79 Å². The number of ether oxygens (including phenoxy) is 3. The second-order valence-electron chi connectivity index (χ2n) is 5.78. The summed E-state index contributed by atoms with van der Waals surface area (Å²) in [6.45, 7) is 12.9. The molecule has 0 unspecified atom stereocenters. The van der Waals surface area contributed by atoms with E-state index in [0.717, 1.165) is 0 Å². The van der Waals surface area contributed by atoms with Gasteiger partial charge >= 0.3 is 14.9 Å². The second-order valence-corrected chi connectivity index (χ2v) is 8.51. The molecule has 0 heterocycles. The number of carboxylic acid groups (broad SMARTS) is 1. The Balaban J connectivity index is 4.14. The lowest BCUT2D eigenvalue weighted by molar-refractivity contribution is 0.0130. The van der Waals surface area contributed by atoms with Crippen LogP contribution in [0.4, 0.5) is 4.79 Å². The highest BCUT2D eigenvalue weighted by atomic mass is 28.4. The van der Waals surface area contributed by atoms with Gasteiger partial charge in [0.15, 0.2) is 0 Å². The van der Waals surface area contributed by atoms with Crippen molar-refractivity contribution in [2.45, 2.75) is 40.2 Å². The molecule has 9 nitrogen and oxygen atoms in total. The molecule has 0 aliphatic carbocycles. The maximum absolute atomic E-state index is 11.4. The fourth-order valence-electron chi connectivity index (χ4n) is 2.55. The highest BCUT2D eigenvalue weighted by molar-refractivity contribution is 6.60. The summed E-state index contributed by atoms with van der Waals surface area (Å²) in [7, 11) is -2.74. The molecule has 0 saturated heterocycles. The zero-order chi connectivity index (χ0) is 21.1. The van der Waals surface area contributed by atoms with Gasteiger partial charge in [0.05, 0.1) is 33.0 Å². The number of nitrogens with zero attached hydrogens (tertiary/aromatic N) is 1. The van der Waals surface area contributed by atoms with Crippen LogP contribution < -0.4 is 0 Å². The summed E-state index contributed by atoms with van der Waals surface area (Å²) < 4.78 is 33.3. The summed E-state index contributed by atoms with van der Waals surface area (Å²) in [6, 6.07) is 0.584. The highest BCUT2D eigenvalue weighted by Gasteiger charge is 2.39. The first-order valence-electron chi connectivity index (χ1n) is 10.2. The Morgan fingerprint density at radius 2 is 1.25 bits per heavy atom. The average molecular weight is 426 g/mol. The molecule has 0 aliphatic heterocycles. The van der Waals surface area contributed by atoms with E-state index in [0.29, 0.717) is 85.0 Å². The van der Waals surface area contributed by atoms with Crippen molar-refractivity contribution in [2.75, 3.05) is 72.6 Å². The number of rotatable bonds is 20. The first kappa shape index (κ1) is 27.2. The minimum absolute atomic E-state index is 0.306. The maximum atomic E-state index is 11.4. The molecule has 0 aromatic carbocycles. The third-order valence-corrected chi connectivity index (χ3v) is 6.88. The smallest absolute Gasteiger partial charge is 0.465 e. The van der Waals surface area contributed by atoms with E-state index >= 15 is 0 Å². The zero-order valence-corrected chi connectivity index (χ0v) is 18.9. The first-order chi connectivity index (χ1) is 13.5. The molecule has 10 heteroatoms.